The molecule has 4 heterocycles. The molecule has 0 bridgehead atoms. The van der Waals surface area contributed by atoms with Gasteiger partial charge in [0.05, 0.1) is 16.8 Å². The molecule has 1 aromatic heterocycles. The Kier molecular flexibility index (Phi) is 6.34. The summed E-state index contributed by atoms with van der Waals surface area (Å²) in [5.41, 5.74) is 4.62. The van der Waals surface area contributed by atoms with E-state index in [1.807, 2.05) is 23.1 Å². The second-order valence-corrected chi connectivity index (χ2v) is 10.7. The van der Waals surface area contributed by atoms with Gasteiger partial charge in [-0.3, -0.25) is 19.6 Å². The average molecular weight is 503 g/mol. The predicted molar refractivity (Wildman–Crippen MR) is 140 cm³/mol. The lowest BCUT2D eigenvalue weighted by molar-refractivity contribution is 0.0663. The lowest BCUT2D eigenvalue weighted by Crippen LogP contribution is -2.47. The molecule has 3 aliphatic heterocycles. The number of carbonyl (C=O) groups is 2. The zero-order chi connectivity index (χ0) is 25.5. The van der Waals surface area contributed by atoms with E-state index >= 15 is 0 Å². The van der Waals surface area contributed by atoms with E-state index in [1.54, 1.807) is 17.0 Å². The van der Waals surface area contributed by atoms with Crippen molar-refractivity contribution in [3.8, 4) is 5.75 Å². The van der Waals surface area contributed by atoms with Crippen molar-refractivity contribution in [1.82, 2.24) is 29.8 Å². The van der Waals surface area contributed by atoms with Crippen LogP contribution in [-0.4, -0.2) is 93.0 Å². The van der Waals surface area contributed by atoms with Gasteiger partial charge in [-0.1, -0.05) is 12.5 Å². The summed E-state index contributed by atoms with van der Waals surface area (Å²) in [6, 6.07) is 9.14. The molecule has 2 fully saturated rings. The van der Waals surface area contributed by atoms with Gasteiger partial charge >= 0.3 is 0 Å². The van der Waals surface area contributed by atoms with Gasteiger partial charge in [-0.2, -0.15) is 5.10 Å². The van der Waals surface area contributed by atoms with Gasteiger partial charge in [0, 0.05) is 62.8 Å². The Morgan fingerprint density at radius 2 is 1.65 bits per heavy atom. The number of hydrogen-bond donors (Lipinski definition) is 2. The van der Waals surface area contributed by atoms with Crippen LogP contribution in [0.15, 0.2) is 30.3 Å². The number of H-pyrrole nitrogens is 1. The van der Waals surface area contributed by atoms with E-state index in [4.69, 9.17) is 0 Å². The molecule has 2 N–H and O–H groups in total. The number of hydrogen-bond acceptors (Lipinski definition) is 6. The van der Waals surface area contributed by atoms with Crippen molar-refractivity contribution >= 4 is 22.7 Å². The molecule has 37 heavy (non-hydrogen) atoms. The van der Waals surface area contributed by atoms with Crippen LogP contribution in [0.5, 0.6) is 5.75 Å². The van der Waals surface area contributed by atoms with Crippen LogP contribution in [-0.2, 0) is 19.6 Å². The largest absolute Gasteiger partial charge is 0.507 e. The molecule has 0 saturated carbocycles. The fourth-order valence-corrected chi connectivity index (χ4v) is 5.76. The normalized spacial score (nSPS) is 18.9. The molecule has 0 spiro atoms. The van der Waals surface area contributed by atoms with Crippen molar-refractivity contribution in [1.29, 1.82) is 0 Å². The van der Waals surface area contributed by atoms with Crippen molar-refractivity contribution in [2.45, 2.75) is 38.9 Å². The Morgan fingerprint density at radius 1 is 0.892 bits per heavy atom. The molecule has 9 nitrogen and oxygen atoms in total. The Bertz CT molecular complexity index is 1340. The van der Waals surface area contributed by atoms with Gasteiger partial charge in [-0.15, -0.1) is 0 Å². The lowest BCUT2D eigenvalue weighted by atomic mass is 10.1. The Balaban J connectivity index is 1.19. The van der Waals surface area contributed by atoms with Gasteiger partial charge in [-0.25, -0.2) is 0 Å². The number of likely N-dealkylation sites (N-methyl/N-ethyl adjacent to an activating group) is 1. The number of phenolic OH excluding ortho intramolecular Hbond substituents is 1. The highest BCUT2D eigenvalue weighted by Crippen LogP contribution is 2.31. The van der Waals surface area contributed by atoms with E-state index in [2.05, 4.69) is 27.0 Å². The Morgan fingerprint density at radius 3 is 2.43 bits per heavy atom. The fourth-order valence-electron chi connectivity index (χ4n) is 5.76. The Hall–Kier alpha value is -3.43. The number of benzene rings is 2. The highest BCUT2D eigenvalue weighted by atomic mass is 16.3. The van der Waals surface area contributed by atoms with E-state index in [0.717, 1.165) is 73.5 Å². The molecule has 2 aromatic carbocycles. The number of nitrogens with one attached hydrogen (secondary N) is 1. The van der Waals surface area contributed by atoms with Crippen LogP contribution in [0.2, 0.25) is 0 Å². The van der Waals surface area contributed by atoms with E-state index < -0.39 is 0 Å². The van der Waals surface area contributed by atoms with Gasteiger partial charge < -0.3 is 19.8 Å². The van der Waals surface area contributed by atoms with Gasteiger partial charge in [-0.05, 0) is 62.3 Å². The SMILES string of the molecule is CN1CCN(C(=O)c2ccc3c(c2)CN(C(=O)c2cc4c(CN5CCCCC5)n[nH]c4cc2O)C3)CC1. The van der Waals surface area contributed by atoms with Crippen LogP contribution in [0.3, 0.4) is 0 Å². The molecule has 3 aliphatic rings. The monoisotopic (exact) mass is 502 g/mol. The summed E-state index contributed by atoms with van der Waals surface area (Å²) in [4.78, 5) is 34.8. The summed E-state index contributed by atoms with van der Waals surface area (Å²) in [5.74, 6) is -0.217. The number of amides is 2. The number of fused-ring (bicyclic) bond motifs is 2. The maximum atomic E-state index is 13.5. The number of aromatic amines is 1. The third kappa shape index (κ3) is 4.69. The number of aromatic nitrogens is 2. The third-order valence-electron chi connectivity index (χ3n) is 8.06. The molecule has 0 aliphatic carbocycles. The summed E-state index contributed by atoms with van der Waals surface area (Å²) in [6.45, 7) is 6.94. The molecular weight excluding hydrogens is 468 g/mol. The second-order valence-electron chi connectivity index (χ2n) is 10.7. The van der Waals surface area contributed by atoms with Crippen LogP contribution >= 0.6 is 0 Å². The molecule has 2 saturated heterocycles. The van der Waals surface area contributed by atoms with E-state index in [-0.39, 0.29) is 23.1 Å². The highest BCUT2D eigenvalue weighted by Gasteiger charge is 2.29. The summed E-state index contributed by atoms with van der Waals surface area (Å²) in [6.07, 6.45) is 3.67. The molecule has 6 rings (SSSR count). The number of nitrogens with zero attached hydrogens (tertiary/aromatic N) is 5. The van der Waals surface area contributed by atoms with Crippen molar-refractivity contribution in [2.75, 3.05) is 46.3 Å². The number of aromatic hydroxyl groups is 1. The van der Waals surface area contributed by atoms with Crippen LogP contribution in [0.25, 0.3) is 10.9 Å². The first-order valence-corrected chi connectivity index (χ1v) is 13.3. The molecule has 3 aromatic rings. The summed E-state index contributed by atoms with van der Waals surface area (Å²) in [7, 11) is 2.07. The van der Waals surface area contributed by atoms with Gasteiger partial charge in [0.1, 0.15) is 5.75 Å². The molecule has 9 heteroatoms. The predicted octanol–water partition coefficient (Wildman–Crippen LogP) is 2.80. The molecule has 0 radical (unpaired) electrons. The maximum absolute atomic E-state index is 13.5. The first-order valence-electron chi connectivity index (χ1n) is 13.3. The van der Waals surface area contributed by atoms with Gasteiger partial charge in [0.2, 0.25) is 0 Å². The fraction of sp³-hybridized carbons (Fsp3) is 0.464. The quantitative estimate of drug-likeness (QED) is 0.570. The minimum Gasteiger partial charge on any atom is -0.507 e. The van der Waals surface area contributed by atoms with Gasteiger partial charge in [0.25, 0.3) is 11.8 Å². The zero-order valence-electron chi connectivity index (χ0n) is 21.4. The van der Waals surface area contributed by atoms with E-state index in [0.29, 0.717) is 18.7 Å². The number of rotatable bonds is 4. The lowest BCUT2D eigenvalue weighted by Gasteiger charge is -2.32. The first-order chi connectivity index (χ1) is 18.0. The number of piperidine rings is 1. The van der Waals surface area contributed by atoms with Crippen molar-refractivity contribution < 1.29 is 14.7 Å². The number of piperazine rings is 1. The molecule has 194 valence electrons. The Labute approximate surface area is 216 Å². The van der Waals surface area contributed by atoms with Crippen LogP contribution in [0.1, 0.15) is 56.8 Å². The average Bonchev–Trinajstić information content (AvgIpc) is 3.52. The number of likely N-dealkylation sites (tertiary alicyclic amines) is 1. The number of phenols is 1. The van der Waals surface area contributed by atoms with Crippen molar-refractivity contribution in [2.24, 2.45) is 0 Å². The minimum atomic E-state index is -0.215. The van der Waals surface area contributed by atoms with Crippen LogP contribution in [0.4, 0.5) is 0 Å². The van der Waals surface area contributed by atoms with Crippen LogP contribution < -0.4 is 0 Å². The summed E-state index contributed by atoms with van der Waals surface area (Å²) >= 11 is 0. The van der Waals surface area contributed by atoms with Crippen molar-refractivity contribution in [3.63, 3.8) is 0 Å². The zero-order valence-corrected chi connectivity index (χ0v) is 21.4. The topological polar surface area (TPSA) is 96.0 Å². The van der Waals surface area contributed by atoms with E-state index in [1.165, 1.54) is 19.3 Å². The second kappa shape index (κ2) is 9.79. The molecule has 0 atom stereocenters. The number of carbonyl (C=O) groups excluding carboxylic acids is 2. The first kappa shape index (κ1) is 23.9. The molecule has 0 unspecified atom stereocenters. The van der Waals surface area contributed by atoms with Gasteiger partial charge in [0.15, 0.2) is 0 Å². The maximum Gasteiger partial charge on any atom is 0.258 e. The minimum absolute atomic E-state index is 0.0463. The molecule has 2 amide bonds. The van der Waals surface area contributed by atoms with E-state index in [9.17, 15) is 14.7 Å². The van der Waals surface area contributed by atoms with Crippen molar-refractivity contribution in [3.05, 3.63) is 58.3 Å². The highest BCUT2D eigenvalue weighted by molar-refractivity contribution is 6.01. The smallest absolute Gasteiger partial charge is 0.258 e. The third-order valence-corrected chi connectivity index (χ3v) is 8.06. The molecular formula is C28H34N6O3. The summed E-state index contributed by atoms with van der Waals surface area (Å²) in [5, 5.41) is 19.1. The summed E-state index contributed by atoms with van der Waals surface area (Å²) < 4.78 is 0. The van der Waals surface area contributed by atoms with Crippen LogP contribution in [0, 0.1) is 0 Å². The standard InChI is InChI=1S/C28H34N6O3/c1-31-9-11-33(12-10-31)27(36)19-5-6-20-16-34(17-21(20)13-19)28(37)23-14-22-24(15-26(23)35)29-30-25(22)18-32-7-3-2-4-8-32/h5-6,13-15,35H,2-4,7-12,16-18H2,1H3,(H,29,30).